The smallest absolute Gasteiger partial charge is 0.0465 e. The number of nitrogens with zero attached hydrogens (tertiary/aromatic N) is 1. The zero-order chi connectivity index (χ0) is 40.9. The van der Waals surface area contributed by atoms with Crippen LogP contribution in [0.3, 0.4) is 0 Å². The van der Waals surface area contributed by atoms with Crippen LogP contribution in [0, 0.1) is 29.1 Å². The van der Waals surface area contributed by atoms with Crippen molar-refractivity contribution < 1.29 is 0 Å². The normalized spacial score (nSPS) is 27.3. The molecule has 0 heterocycles. The van der Waals surface area contributed by atoms with Gasteiger partial charge in [-0.25, -0.2) is 0 Å². The second-order valence-corrected chi connectivity index (χ2v) is 21.2. The van der Waals surface area contributed by atoms with E-state index in [0.29, 0.717) is 5.41 Å². The summed E-state index contributed by atoms with van der Waals surface area (Å²) in [6, 6.07) is 62.8. The summed E-state index contributed by atoms with van der Waals surface area (Å²) in [4.78, 5) is 2.59. The molecular weight excluding hydrogens is 735 g/mol. The lowest BCUT2D eigenvalue weighted by Crippen LogP contribution is -2.73. The van der Waals surface area contributed by atoms with Crippen LogP contribution in [0.25, 0.3) is 44.5 Å². The molecule has 6 aliphatic rings. The highest BCUT2D eigenvalue weighted by Crippen LogP contribution is 2.89. The standard InChI is InChI=1S/C60H55N/c1-57(2)27-28-58(3,4)54-36-48(24-26-52(54)57)61(46-21-19-41(20-22-46)44-32-42(39-13-7-5-8-14-39)31-43(33-44)40-15-9-6-10-16-40)47-23-25-50-49-17-11-12-18-51(49)60(53(50)35-47)55-30-38-29-45-34-56(60)59(45,55)37-38/h5-26,31-33,35-36,38,45,55-56H,27-30,34,37H2,1-4H3. The van der Waals surface area contributed by atoms with Gasteiger partial charge < -0.3 is 4.90 Å². The van der Waals surface area contributed by atoms with Crippen molar-refractivity contribution in [2.24, 2.45) is 29.1 Å². The molecule has 61 heavy (non-hydrogen) atoms. The molecule has 0 aliphatic heterocycles. The number of hydrogen-bond donors (Lipinski definition) is 0. The van der Waals surface area contributed by atoms with Crippen molar-refractivity contribution in [2.45, 2.75) is 82.5 Å². The summed E-state index contributed by atoms with van der Waals surface area (Å²) in [5.74, 6) is 3.48. The molecule has 0 radical (unpaired) electrons. The van der Waals surface area contributed by atoms with Gasteiger partial charge in [-0.1, -0.05) is 137 Å². The first-order valence-corrected chi connectivity index (χ1v) is 23.2. The average Bonchev–Trinajstić information content (AvgIpc) is 3.93. The minimum atomic E-state index is 0.114. The third kappa shape index (κ3) is 4.84. The molecule has 13 rings (SSSR count). The molecule has 6 unspecified atom stereocenters. The maximum atomic E-state index is 2.67. The third-order valence-electron chi connectivity index (χ3n) is 17.6. The topological polar surface area (TPSA) is 3.24 Å². The Morgan fingerprint density at radius 1 is 0.410 bits per heavy atom. The van der Waals surface area contributed by atoms with Crippen molar-refractivity contribution >= 4 is 17.1 Å². The van der Waals surface area contributed by atoms with Crippen LogP contribution in [0.15, 0.2) is 164 Å². The Kier molecular flexibility index (Phi) is 7.37. The highest BCUT2D eigenvalue weighted by Gasteiger charge is 2.84. The van der Waals surface area contributed by atoms with Crippen molar-refractivity contribution in [1.82, 2.24) is 0 Å². The summed E-state index contributed by atoms with van der Waals surface area (Å²) in [6.45, 7) is 9.80. The van der Waals surface area contributed by atoms with E-state index in [4.69, 9.17) is 0 Å². The van der Waals surface area contributed by atoms with Crippen molar-refractivity contribution in [3.8, 4) is 44.5 Å². The third-order valence-corrected chi connectivity index (χ3v) is 17.6. The second-order valence-electron chi connectivity index (χ2n) is 21.2. The van der Waals surface area contributed by atoms with Gasteiger partial charge in [-0.15, -0.1) is 0 Å². The first-order chi connectivity index (χ1) is 29.6. The monoisotopic (exact) mass is 789 g/mol. The van der Waals surface area contributed by atoms with Gasteiger partial charge in [0.2, 0.25) is 0 Å². The van der Waals surface area contributed by atoms with Crippen LogP contribution >= 0.6 is 0 Å². The SMILES string of the molecule is CC1(C)CCC(C)(C)c2cc(N(c3ccc(-c4cc(-c5ccccc5)cc(-c5ccccc5)c4)cc3)c3ccc4c(c3)C3(c5ccccc5-4)C4CC5CC6CC3C64C5)ccc21. The average molecular weight is 790 g/mol. The number of fused-ring (bicyclic) bond motifs is 9. The Balaban J connectivity index is 0.967. The number of hydrogen-bond acceptors (Lipinski definition) is 1. The predicted molar refractivity (Wildman–Crippen MR) is 254 cm³/mol. The van der Waals surface area contributed by atoms with Crippen molar-refractivity contribution in [2.75, 3.05) is 4.90 Å². The molecule has 0 saturated heterocycles. The minimum Gasteiger partial charge on any atom is -0.310 e. The fraction of sp³-hybridized carbons (Fsp3) is 0.300. The lowest BCUT2D eigenvalue weighted by molar-refractivity contribution is -0.231. The van der Waals surface area contributed by atoms with Gasteiger partial charge in [0, 0.05) is 22.5 Å². The number of rotatable bonds is 6. The van der Waals surface area contributed by atoms with Gasteiger partial charge in [0.15, 0.2) is 0 Å². The van der Waals surface area contributed by atoms with E-state index in [0.717, 1.165) is 23.7 Å². The van der Waals surface area contributed by atoms with Gasteiger partial charge in [-0.2, -0.15) is 0 Å². The molecule has 300 valence electrons. The highest BCUT2D eigenvalue weighted by atomic mass is 15.1. The maximum absolute atomic E-state index is 2.67. The number of benzene rings is 7. The predicted octanol–water partition coefficient (Wildman–Crippen LogP) is 15.8. The molecule has 2 spiro atoms. The van der Waals surface area contributed by atoms with Gasteiger partial charge in [-0.3, -0.25) is 0 Å². The van der Waals surface area contributed by atoms with Gasteiger partial charge in [0.1, 0.15) is 0 Å². The van der Waals surface area contributed by atoms with E-state index in [9.17, 15) is 0 Å². The lowest BCUT2D eigenvalue weighted by atomic mass is 9.27. The fourth-order valence-electron chi connectivity index (χ4n) is 14.8. The Hall–Kier alpha value is -5.66. The maximum Gasteiger partial charge on any atom is 0.0465 e. The van der Waals surface area contributed by atoms with E-state index in [-0.39, 0.29) is 16.2 Å². The Labute approximate surface area is 362 Å². The van der Waals surface area contributed by atoms with Crippen molar-refractivity contribution in [3.05, 3.63) is 186 Å². The molecule has 0 amide bonds. The van der Waals surface area contributed by atoms with E-state index >= 15 is 0 Å². The summed E-state index contributed by atoms with van der Waals surface area (Å²) in [5.41, 5.74) is 21.4. The van der Waals surface area contributed by atoms with E-state index in [1.807, 2.05) is 0 Å². The van der Waals surface area contributed by atoms with Gasteiger partial charge in [0.25, 0.3) is 0 Å². The van der Waals surface area contributed by atoms with E-state index in [2.05, 4.69) is 196 Å². The molecule has 0 aromatic heterocycles. The Bertz CT molecular complexity index is 2840. The molecule has 1 heteroatoms. The van der Waals surface area contributed by atoms with Crippen LogP contribution in [0.1, 0.15) is 88.5 Å². The van der Waals surface area contributed by atoms with Gasteiger partial charge >= 0.3 is 0 Å². The highest BCUT2D eigenvalue weighted by molar-refractivity contribution is 5.88. The van der Waals surface area contributed by atoms with Gasteiger partial charge in [0.05, 0.1) is 0 Å². The minimum absolute atomic E-state index is 0.114. The summed E-state index contributed by atoms with van der Waals surface area (Å²) in [5, 5.41) is 0. The molecule has 2 bridgehead atoms. The van der Waals surface area contributed by atoms with Crippen LogP contribution in [-0.2, 0) is 16.2 Å². The molecule has 6 aliphatic carbocycles. The van der Waals surface area contributed by atoms with Crippen LogP contribution in [0.2, 0.25) is 0 Å². The fourth-order valence-corrected chi connectivity index (χ4v) is 14.8. The van der Waals surface area contributed by atoms with Crippen LogP contribution in [-0.4, -0.2) is 0 Å². The largest absolute Gasteiger partial charge is 0.310 e. The van der Waals surface area contributed by atoms with Crippen LogP contribution < -0.4 is 4.90 Å². The second kappa shape index (κ2) is 12.5. The van der Waals surface area contributed by atoms with Crippen molar-refractivity contribution in [1.29, 1.82) is 0 Å². The van der Waals surface area contributed by atoms with E-state index < -0.39 is 0 Å². The summed E-state index contributed by atoms with van der Waals surface area (Å²) >= 11 is 0. The molecule has 4 saturated carbocycles. The Morgan fingerprint density at radius 3 is 1.59 bits per heavy atom. The molecule has 0 N–H and O–H groups in total. The quantitative estimate of drug-likeness (QED) is 0.162. The molecule has 6 atom stereocenters. The first kappa shape index (κ1) is 36.0. The van der Waals surface area contributed by atoms with Crippen molar-refractivity contribution in [3.63, 3.8) is 0 Å². The molecule has 7 aromatic carbocycles. The molecular formula is C60H55N. The summed E-state index contributed by atoms with van der Waals surface area (Å²) < 4.78 is 0. The molecule has 7 aromatic rings. The summed E-state index contributed by atoms with van der Waals surface area (Å²) in [6.07, 6.45) is 8.24. The first-order valence-electron chi connectivity index (χ1n) is 23.2. The molecule has 1 nitrogen and oxygen atoms in total. The number of anilines is 3. The zero-order valence-corrected chi connectivity index (χ0v) is 36.1. The Morgan fingerprint density at radius 2 is 0.934 bits per heavy atom. The van der Waals surface area contributed by atoms with E-state index in [1.165, 1.54) is 111 Å². The van der Waals surface area contributed by atoms with Gasteiger partial charge in [-0.05, 0) is 200 Å². The summed E-state index contributed by atoms with van der Waals surface area (Å²) in [7, 11) is 0. The van der Waals surface area contributed by atoms with Crippen LogP contribution in [0.5, 0.6) is 0 Å². The van der Waals surface area contributed by atoms with E-state index in [1.54, 1.807) is 11.1 Å². The molecule has 4 fully saturated rings. The van der Waals surface area contributed by atoms with Crippen LogP contribution in [0.4, 0.5) is 17.1 Å². The zero-order valence-electron chi connectivity index (χ0n) is 36.1. The lowest BCUT2D eigenvalue weighted by Gasteiger charge is -2.76.